The molecule has 0 unspecified atom stereocenters. The molecule has 0 N–H and O–H groups in total. The first kappa shape index (κ1) is 6.59. The molecule has 0 aliphatic rings. The fourth-order valence-electron chi connectivity index (χ4n) is 0.192. The van der Waals surface area contributed by atoms with E-state index in [9.17, 15) is 0 Å². The van der Waals surface area contributed by atoms with Gasteiger partial charge in [-0.05, 0) is 0 Å². The van der Waals surface area contributed by atoms with Gasteiger partial charge < -0.3 is 0 Å². The second-order valence-electron chi connectivity index (χ2n) is 0.980. The first-order chi connectivity index (χ1) is 3.41. The van der Waals surface area contributed by atoms with E-state index in [2.05, 4.69) is 18.4 Å². The third-order valence-electron chi connectivity index (χ3n) is 0.438. The lowest BCUT2D eigenvalue weighted by atomic mass is 10.4. The molecule has 0 heterocycles. The van der Waals surface area contributed by atoms with Gasteiger partial charge in [-0.1, -0.05) is 17.9 Å². The average Bonchev–Trinajstić information content (AvgIpc) is 1.69. The maximum atomic E-state index is 5.23. The molecule has 0 saturated carbocycles. The summed E-state index contributed by atoms with van der Waals surface area (Å²) in [4.78, 5) is 0. The Labute approximate surface area is 49.2 Å². The normalized spacial score (nSPS) is 6.43. The van der Waals surface area contributed by atoms with Crippen LogP contribution in [0.25, 0.3) is 0 Å². The molecule has 0 aromatic carbocycles. The van der Waals surface area contributed by atoms with Crippen molar-refractivity contribution < 1.29 is 0 Å². The molecule has 0 aliphatic heterocycles. The Bertz CT molecular complexity index is 94.5. The summed E-state index contributed by atoms with van der Waals surface area (Å²) in [6, 6.07) is 0. The van der Waals surface area contributed by atoms with Crippen LogP contribution in [0.2, 0.25) is 0 Å². The van der Waals surface area contributed by atoms with Crippen LogP contribution in [0, 0.1) is 11.8 Å². The Morgan fingerprint density at radius 2 is 2.29 bits per heavy atom. The van der Waals surface area contributed by atoms with E-state index in [1.54, 1.807) is 6.08 Å². The van der Waals surface area contributed by atoms with Gasteiger partial charge in [0.25, 0.3) is 0 Å². The molecule has 1 heteroatoms. The lowest BCUT2D eigenvalue weighted by Crippen LogP contribution is -1.59. The molecule has 0 amide bonds. The summed E-state index contributed by atoms with van der Waals surface area (Å²) in [5.41, 5.74) is 0. The summed E-state index contributed by atoms with van der Waals surface area (Å²) in [7, 11) is 0. The summed E-state index contributed by atoms with van der Waals surface area (Å²) in [5.74, 6) is 5.90. The third-order valence-corrected chi connectivity index (χ3v) is 0.572. The van der Waals surface area contributed by atoms with E-state index in [-0.39, 0.29) is 0 Å². The molecule has 0 nitrogen and oxygen atoms in total. The summed E-state index contributed by atoms with van der Waals surface area (Å²) in [5, 5.41) is 0. The van der Waals surface area contributed by atoms with Crippen molar-refractivity contribution in [3.63, 3.8) is 0 Å². The van der Waals surface area contributed by atoms with Crippen LogP contribution < -0.4 is 0 Å². The number of hydrogen-bond acceptors (Lipinski definition) is 0. The number of allylic oxidation sites excluding steroid dienone is 1. The minimum absolute atomic E-state index is 0.424. The molecule has 0 fully saturated rings. The predicted molar refractivity (Wildman–Crippen MR) is 33.3 cm³/mol. The smallest absolute Gasteiger partial charge is 0.0835 e. The Morgan fingerprint density at radius 1 is 1.57 bits per heavy atom. The maximum absolute atomic E-state index is 5.23. The molecule has 0 radical (unpaired) electrons. The van der Waals surface area contributed by atoms with E-state index in [1.807, 2.05) is 0 Å². The van der Waals surface area contributed by atoms with E-state index < -0.39 is 0 Å². The summed E-state index contributed by atoms with van der Waals surface area (Å²) in [6.45, 7) is 3.49. The van der Waals surface area contributed by atoms with E-state index >= 15 is 0 Å². The quantitative estimate of drug-likeness (QED) is 0.277. The first-order valence-electron chi connectivity index (χ1n) is 2.04. The third kappa shape index (κ3) is 5.59. The Morgan fingerprint density at radius 3 is 2.71 bits per heavy atom. The highest BCUT2D eigenvalue weighted by molar-refractivity contribution is 6.19. The second-order valence-corrected chi connectivity index (χ2v) is 1.25. The van der Waals surface area contributed by atoms with Crippen molar-refractivity contribution in [2.24, 2.45) is 0 Å². The van der Waals surface area contributed by atoms with Gasteiger partial charge in [-0.3, -0.25) is 0 Å². The van der Waals surface area contributed by atoms with Crippen LogP contribution >= 0.6 is 11.6 Å². The van der Waals surface area contributed by atoms with E-state index in [0.717, 1.165) is 6.42 Å². The lowest BCUT2D eigenvalue weighted by molar-refractivity contribution is 1.48. The zero-order valence-electron chi connectivity index (χ0n) is 4.08. The fourth-order valence-corrected chi connectivity index (χ4v) is 0.286. The van der Waals surface area contributed by atoms with Crippen LogP contribution in [0.5, 0.6) is 0 Å². The van der Waals surface area contributed by atoms with Crippen molar-refractivity contribution in [2.45, 2.75) is 6.42 Å². The summed E-state index contributed by atoms with van der Waals surface area (Å²) in [6.07, 6.45) is 2.49. The van der Waals surface area contributed by atoms with Gasteiger partial charge in [0.05, 0.1) is 5.88 Å². The predicted octanol–water partition coefficient (Wildman–Crippen LogP) is 1.80. The van der Waals surface area contributed by atoms with Gasteiger partial charge in [-0.15, -0.1) is 18.2 Å². The number of halogens is 1. The molecule has 0 aromatic rings. The SMILES string of the molecule is C=CCC#CCCl. The minimum Gasteiger partial charge on any atom is -0.113 e. The van der Waals surface area contributed by atoms with Crippen molar-refractivity contribution in [1.82, 2.24) is 0 Å². The standard InChI is InChI=1S/C6H7Cl/c1-2-3-4-5-6-7/h2H,1,3,6H2. The number of rotatable bonds is 1. The lowest BCUT2D eigenvalue weighted by Gasteiger charge is -1.67. The maximum Gasteiger partial charge on any atom is 0.0835 e. The number of alkyl halides is 1. The molecule has 7 heavy (non-hydrogen) atoms. The van der Waals surface area contributed by atoms with Crippen LogP contribution in [0.1, 0.15) is 6.42 Å². The van der Waals surface area contributed by atoms with Gasteiger partial charge in [0.2, 0.25) is 0 Å². The fraction of sp³-hybridized carbons (Fsp3) is 0.333. The highest BCUT2D eigenvalue weighted by Gasteiger charge is 1.61. The monoisotopic (exact) mass is 114 g/mol. The van der Waals surface area contributed by atoms with Gasteiger partial charge in [0.1, 0.15) is 0 Å². The van der Waals surface area contributed by atoms with E-state index in [4.69, 9.17) is 11.6 Å². The topological polar surface area (TPSA) is 0 Å². The van der Waals surface area contributed by atoms with Crippen LogP contribution in [0.15, 0.2) is 12.7 Å². The first-order valence-corrected chi connectivity index (χ1v) is 2.58. The van der Waals surface area contributed by atoms with E-state index in [1.165, 1.54) is 0 Å². The summed E-state index contributed by atoms with van der Waals surface area (Å²) >= 11 is 5.23. The van der Waals surface area contributed by atoms with E-state index in [0.29, 0.717) is 5.88 Å². The van der Waals surface area contributed by atoms with Gasteiger partial charge in [-0.25, -0.2) is 0 Å². The zero-order valence-corrected chi connectivity index (χ0v) is 4.83. The van der Waals surface area contributed by atoms with Gasteiger partial charge in [-0.2, -0.15) is 0 Å². The molecule has 0 aromatic heterocycles. The van der Waals surface area contributed by atoms with Gasteiger partial charge in [0.15, 0.2) is 0 Å². The molecular formula is C6H7Cl. The molecule has 0 rings (SSSR count). The average molecular weight is 115 g/mol. The van der Waals surface area contributed by atoms with Crippen molar-refractivity contribution >= 4 is 11.6 Å². The van der Waals surface area contributed by atoms with Crippen molar-refractivity contribution in [3.8, 4) is 11.8 Å². The molecule has 0 spiro atoms. The van der Waals surface area contributed by atoms with Crippen LogP contribution in [0.4, 0.5) is 0 Å². The minimum atomic E-state index is 0.424. The van der Waals surface area contributed by atoms with Gasteiger partial charge >= 0.3 is 0 Å². The molecule has 0 atom stereocenters. The van der Waals surface area contributed by atoms with Crippen molar-refractivity contribution in [3.05, 3.63) is 12.7 Å². The molecule has 38 valence electrons. The van der Waals surface area contributed by atoms with Crippen LogP contribution in [0.3, 0.4) is 0 Å². The Hall–Kier alpha value is -0.410. The molecule has 0 aliphatic carbocycles. The largest absolute Gasteiger partial charge is 0.113 e. The molecule has 0 bridgehead atoms. The van der Waals surface area contributed by atoms with Gasteiger partial charge in [0, 0.05) is 6.42 Å². The van der Waals surface area contributed by atoms with Crippen LogP contribution in [-0.4, -0.2) is 5.88 Å². The molecular weight excluding hydrogens is 108 g/mol. The Kier molecular flexibility index (Phi) is 5.26. The highest BCUT2D eigenvalue weighted by Crippen LogP contribution is 1.74. The van der Waals surface area contributed by atoms with Crippen LogP contribution in [-0.2, 0) is 0 Å². The highest BCUT2D eigenvalue weighted by atomic mass is 35.5. The molecule has 0 saturated heterocycles. The Balaban J connectivity index is 3.06. The van der Waals surface area contributed by atoms with Crippen molar-refractivity contribution in [1.29, 1.82) is 0 Å². The second kappa shape index (κ2) is 5.59. The van der Waals surface area contributed by atoms with Crippen molar-refractivity contribution in [2.75, 3.05) is 5.88 Å². The number of hydrogen-bond donors (Lipinski definition) is 0. The summed E-state index contributed by atoms with van der Waals surface area (Å²) < 4.78 is 0. The zero-order chi connectivity index (χ0) is 5.54.